The summed E-state index contributed by atoms with van der Waals surface area (Å²) in [4.78, 5) is 27.1. The summed E-state index contributed by atoms with van der Waals surface area (Å²) < 4.78 is 39.1. The first-order valence-electron chi connectivity index (χ1n) is 10.1. The van der Waals surface area contributed by atoms with Crippen LogP contribution in [0.4, 0.5) is 14.5 Å². The summed E-state index contributed by atoms with van der Waals surface area (Å²) in [6, 6.07) is 5.38. The fraction of sp³-hybridized carbons (Fsp3) is 0.391. The predicted molar refractivity (Wildman–Crippen MR) is 117 cm³/mol. The van der Waals surface area contributed by atoms with Crippen LogP contribution in [-0.4, -0.2) is 31.6 Å². The molecule has 166 valence electrons. The molecule has 2 heterocycles. The Morgan fingerprint density at radius 2 is 2.10 bits per heavy atom. The molecule has 1 spiro atoms. The highest BCUT2D eigenvalue weighted by Crippen LogP contribution is 2.54. The number of esters is 1. The fourth-order valence-electron chi connectivity index (χ4n) is 4.02. The molecule has 3 rings (SSSR count). The average molecular weight is 496 g/mol. The molecule has 0 bridgehead atoms. The first-order chi connectivity index (χ1) is 14.8. The molecule has 0 radical (unpaired) electrons. The molecule has 1 aromatic carbocycles. The number of carbonyl (C=O) groups is 2. The van der Waals surface area contributed by atoms with Crippen molar-refractivity contribution in [1.82, 2.24) is 0 Å². The Morgan fingerprint density at radius 1 is 1.35 bits per heavy atom. The van der Waals surface area contributed by atoms with Gasteiger partial charge < -0.3 is 14.4 Å². The highest BCUT2D eigenvalue weighted by Gasteiger charge is 2.58. The molecular weight excluding hydrogens is 472 g/mol. The molecule has 0 N–H and O–H groups in total. The first kappa shape index (κ1) is 23.2. The van der Waals surface area contributed by atoms with E-state index in [-0.39, 0.29) is 50.7 Å². The van der Waals surface area contributed by atoms with E-state index in [9.17, 15) is 18.4 Å². The maximum Gasteiger partial charge on any atom is 0.307 e. The lowest BCUT2D eigenvalue weighted by atomic mass is 9.76. The lowest BCUT2D eigenvalue weighted by Gasteiger charge is -2.23. The lowest BCUT2D eigenvalue weighted by Crippen LogP contribution is -2.43. The van der Waals surface area contributed by atoms with Gasteiger partial charge in [0.25, 0.3) is 0 Å². The van der Waals surface area contributed by atoms with Crippen LogP contribution in [-0.2, 0) is 24.5 Å². The molecule has 5 nitrogen and oxygen atoms in total. The van der Waals surface area contributed by atoms with E-state index in [1.807, 2.05) is 0 Å². The van der Waals surface area contributed by atoms with Gasteiger partial charge in [0.2, 0.25) is 5.91 Å². The van der Waals surface area contributed by atoms with Gasteiger partial charge in [-0.3, -0.25) is 9.59 Å². The number of hydrogen-bond donors (Lipinski definition) is 0. The molecule has 1 saturated heterocycles. The van der Waals surface area contributed by atoms with Gasteiger partial charge in [0.05, 0.1) is 13.0 Å². The minimum Gasteiger partial charge on any atom is -0.492 e. The normalized spacial score (nSPS) is 22.1. The van der Waals surface area contributed by atoms with Gasteiger partial charge in [-0.2, -0.15) is 0 Å². The van der Waals surface area contributed by atoms with E-state index in [2.05, 4.69) is 22.5 Å². The molecule has 0 aromatic heterocycles. The number of hydrogen-bond acceptors (Lipinski definition) is 4. The zero-order chi connectivity index (χ0) is 22.8. The van der Waals surface area contributed by atoms with Crippen LogP contribution < -0.4 is 4.90 Å². The van der Waals surface area contributed by atoms with Crippen molar-refractivity contribution in [3.63, 3.8) is 0 Å². The van der Waals surface area contributed by atoms with Crippen LogP contribution in [0.25, 0.3) is 0 Å². The number of anilines is 1. The van der Waals surface area contributed by atoms with Crippen molar-refractivity contribution < 1.29 is 27.8 Å². The Balaban J connectivity index is 2.06. The first-order valence-corrected chi connectivity index (χ1v) is 10.9. The number of benzene rings is 1. The highest BCUT2D eigenvalue weighted by molar-refractivity contribution is 9.10. The summed E-state index contributed by atoms with van der Waals surface area (Å²) in [5.74, 6) is -2.18. The second-order valence-electron chi connectivity index (χ2n) is 7.25. The number of fused-ring (bicyclic) bond motifs is 2. The van der Waals surface area contributed by atoms with Crippen molar-refractivity contribution in [2.24, 2.45) is 0 Å². The monoisotopic (exact) mass is 495 g/mol. The molecular formula is C23H24BrF2NO4. The third-order valence-corrected chi connectivity index (χ3v) is 6.14. The van der Waals surface area contributed by atoms with Crippen LogP contribution in [0, 0.1) is 0 Å². The van der Waals surface area contributed by atoms with Gasteiger partial charge in [-0.15, -0.1) is 0 Å². The quantitative estimate of drug-likeness (QED) is 0.474. The summed E-state index contributed by atoms with van der Waals surface area (Å²) in [6.07, 6.45) is 1.14. The van der Waals surface area contributed by atoms with Gasteiger partial charge in [-0.25, -0.2) is 8.78 Å². The Kier molecular flexibility index (Phi) is 6.99. The summed E-state index contributed by atoms with van der Waals surface area (Å²) in [5.41, 5.74) is 0.450. The van der Waals surface area contributed by atoms with Crippen molar-refractivity contribution in [2.75, 3.05) is 24.7 Å². The molecule has 1 fully saturated rings. The van der Waals surface area contributed by atoms with Crippen LogP contribution in [0.5, 0.6) is 0 Å². The van der Waals surface area contributed by atoms with E-state index in [1.54, 1.807) is 25.1 Å². The van der Waals surface area contributed by atoms with Gasteiger partial charge in [-0.05, 0) is 25.5 Å². The molecule has 1 aromatic rings. The van der Waals surface area contributed by atoms with Gasteiger partial charge in [0.1, 0.15) is 29.4 Å². The zero-order valence-electron chi connectivity index (χ0n) is 17.5. The highest BCUT2D eigenvalue weighted by atomic mass is 79.9. The molecule has 2 aliphatic heterocycles. The van der Waals surface area contributed by atoms with E-state index in [0.29, 0.717) is 21.3 Å². The topological polar surface area (TPSA) is 55.8 Å². The smallest absolute Gasteiger partial charge is 0.307 e. The molecule has 1 amide bonds. The number of rotatable bonds is 7. The van der Waals surface area contributed by atoms with E-state index in [1.165, 1.54) is 17.9 Å². The Bertz CT molecular complexity index is 988. The molecule has 0 aliphatic carbocycles. The van der Waals surface area contributed by atoms with E-state index in [4.69, 9.17) is 9.47 Å². The number of carbonyl (C=O) groups excluding carboxylic acids is 2. The Morgan fingerprint density at radius 3 is 2.77 bits per heavy atom. The van der Waals surface area contributed by atoms with Gasteiger partial charge in [0, 0.05) is 34.3 Å². The average Bonchev–Trinajstić information content (AvgIpc) is 3.20. The van der Waals surface area contributed by atoms with Crippen LogP contribution in [0.15, 0.2) is 58.3 Å². The minimum absolute atomic E-state index is 0.0103. The van der Waals surface area contributed by atoms with Crippen molar-refractivity contribution in [3.8, 4) is 0 Å². The number of allylic oxidation sites excluding steroid dienone is 4. The third-order valence-electron chi connectivity index (χ3n) is 5.48. The number of ether oxygens (including phenoxy) is 2. The van der Waals surface area contributed by atoms with Crippen molar-refractivity contribution in [3.05, 3.63) is 63.9 Å². The van der Waals surface area contributed by atoms with Crippen molar-refractivity contribution in [1.29, 1.82) is 0 Å². The van der Waals surface area contributed by atoms with Crippen molar-refractivity contribution >= 4 is 33.5 Å². The van der Waals surface area contributed by atoms with E-state index >= 15 is 0 Å². The lowest BCUT2D eigenvalue weighted by molar-refractivity contribution is -0.142. The van der Waals surface area contributed by atoms with Crippen LogP contribution in [0.1, 0.15) is 38.7 Å². The molecule has 8 heteroatoms. The van der Waals surface area contributed by atoms with Gasteiger partial charge in [-0.1, -0.05) is 41.6 Å². The second kappa shape index (κ2) is 9.34. The SMILES string of the molecule is C=C1OCC2(C(=O)N(CCC(=O)OCC)c3cccc(Br)c32)/C1=C/C/C(F)=C(/F)CC. The second-order valence-corrected chi connectivity index (χ2v) is 8.10. The number of halogens is 3. The summed E-state index contributed by atoms with van der Waals surface area (Å²) >= 11 is 3.53. The standard InChI is InChI=1S/C23H24BrF2NO4/c1-4-17(25)18(26)10-9-15-14(3)31-13-23(15)21-16(24)7-6-8-19(21)27(22(23)29)12-11-20(28)30-5-2/h6-9H,3-5,10-13H2,1-2H3/b15-9+,18-17-. The summed E-state index contributed by atoms with van der Waals surface area (Å²) in [7, 11) is 0. The summed E-state index contributed by atoms with van der Waals surface area (Å²) in [5, 5.41) is 0. The Hall–Kier alpha value is -2.48. The third kappa shape index (κ3) is 4.05. The maximum atomic E-state index is 14.1. The fourth-order valence-corrected chi connectivity index (χ4v) is 4.71. The summed E-state index contributed by atoms with van der Waals surface area (Å²) in [6.45, 7) is 7.49. The van der Waals surface area contributed by atoms with Gasteiger partial charge in [0.15, 0.2) is 0 Å². The maximum absolute atomic E-state index is 14.1. The van der Waals surface area contributed by atoms with Crippen LogP contribution in [0.3, 0.4) is 0 Å². The zero-order valence-corrected chi connectivity index (χ0v) is 19.1. The minimum atomic E-state index is -1.25. The van der Waals surface area contributed by atoms with E-state index < -0.39 is 23.0 Å². The Labute approximate surface area is 188 Å². The number of amides is 1. The van der Waals surface area contributed by atoms with Crippen molar-refractivity contribution in [2.45, 2.75) is 38.5 Å². The molecule has 2 aliphatic rings. The van der Waals surface area contributed by atoms with Gasteiger partial charge >= 0.3 is 5.97 Å². The predicted octanol–water partition coefficient (Wildman–Crippen LogP) is 5.41. The molecule has 1 atom stereocenters. The largest absolute Gasteiger partial charge is 0.492 e. The molecule has 31 heavy (non-hydrogen) atoms. The van der Waals surface area contributed by atoms with Crippen LogP contribution >= 0.6 is 15.9 Å². The van der Waals surface area contributed by atoms with Crippen LogP contribution in [0.2, 0.25) is 0 Å². The van der Waals surface area contributed by atoms with E-state index in [0.717, 1.165) is 0 Å². The molecule has 0 saturated carbocycles. The number of nitrogens with zero attached hydrogens (tertiary/aromatic N) is 1. The molecule has 1 unspecified atom stereocenters.